The minimum Gasteiger partial charge on any atom is -0.486 e. The zero-order valence-electron chi connectivity index (χ0n) is 24.8. The minimum atomic E-state index is -0.483. The molecule has 9 nitrogen and oxygen atoms in total. The van der Waals surface area contributed by atoms with E-state index in [1.54, 1.807) is 12.1 Å². The smallest absolute Gasteiger partial charge is 0.307 e. The number of nitrogens with zero attached hydrogens (tertiary/aromatic N) is 2. The van der Waals surface area contributed by atoms with Crippen molar-refractivity contribution < 1.29 is 23.5 Å². The Morgan fingerprint density at radius 1 is 0.889 bits per heavy atom. The molecule has 0 fully saturated rings. The number of para-hydroxylation sites is 1. The number of aryl methyl sites for hydroxylation is 3. The highest BCUT2D eigenvalue weighted by molar-refractivity contribution is 14.1. The number of hydrogen-bond donors (Lipinski definition) is 2. The summed E-state index contributed by atoms with van der Waals surface area (Å²) in [4.78, 5) is 25.0. The first-order valence-corrected chi connectivity index (χ1v) is 16.1. The van der Waals surface area contributed by atoms with Gasteiger partial charge >= 0.3 is 5.91 Å². The summed E-state index contributed by atoms with van der Waals surface area (Å²) in [5.41, 5.74) is 8.36. The van der Waals surface area contributed by atoms with Crippen LogP contribution in [-0.2, 0) is 11.4 Å². The Morgan fingerprint density at radius 3 is 2.27 bits per heavy atom. The maximum absolute atomic E-state index is 12.6. The molecule has 0 saturated carbocycles. The monoisotopic (exact) mass is 828 g/mol. The fraction of sp³-hybridized carbons (Fsp3) is 0.147. The van der Waals surface area contributed by atoms with Crippen LogP contribution in [0.5, 0.6) is 11.5 Å². The Morgan fingerprint density at radius 2 is 1.58 bits per heavy atom. The van der Waals surface area contributed by atoms with Crippen LogP contribution in [0.3, 0.4) is 0 Å². The summed E-state index contributed by atoms with van der Waals surface area (Å²) in [7, 11) is 0. The van der Waals surface area contributed by atoms with E-state index in [0.717, 1.165) is 41.0 Å². The normalized spacial score (nSPS) is 11.0. The summed E-state index contributed by atoms with van der Waals surface area (Å²) >= 11 is 4.29. The van der Waals surface area contributed by atoms with Crippen LogP contribution in [-0.4, -0.2) is 29.2 Å². The molecule has 2 heterocycles. The molecule has 0 aliphatic carbocycles. The highest BCUT2D eigenvalue weighted by Crippen LogP contribution is 2.29. The van der Waals surface area contributed by atoms with E-state index in [1.165, 1.54) is 6.21 Å². The van der Waals surface area contributed by atoms with Crippen molar-refractivity contribution in [2.24, 2.45) is 5.10 Å². The number of amides is 2. The summed E-state index contributed by atoms with van der Waals surface area (Å²) < 4.78 is 21.1. The van der Waals surface area contributed by atoms with Crippen LogP contribution in [0.15, 0.2) is 94.4 Å². The van der Waals surface area contributed by atoms with E-state index < -0.39 is 5.91 Å². The van der Waals surface area contributed by atoms with Gasteiger partial charge in [0.2, 0.25) is 0 Å². The van der Waals surface area contributed by atoms with E-state index >= 15 is 0 Å². The molecule has 5 rings (SSSR count). The molecule has 230 valence electrons. The van der Waals surface area contributed by atoms with E-state index in [1.807, 2.05) is 67.6 Å². The lowest BCUT2D eigenvalue weighted by molar-refractivity contribution is -0.118. The van der Waals surface area contributed by atoms with E-state index in [-0.39, 0.29) is 24.9 Å². The van der Waals surface area contributed by atoms with Gasteiger partial charge in [-0.25, -0.2) is 5.43 Å². The second-order valence-corrected chi connectivity index (χ2v) is 12.5. The van der Waals surface area contributed by atoms with Crippen molar-refractivity contribution >= 4 is 68.9 Å². The lowest BCUT2D eigenvalue weighted by Gasteiger charge is -2.12. The van der Waals surface area contributed by atoms with E-state index in [2.05, 4.69) is 91.6 Å². The third-order valence-corrected chi connectivity index (χ3v) is 8.40. The summed E-state index contributed by atoms with van der Waals surface area (Å²) in [5.74, 6) is 1.20. The molecule has 0 radical (unpaired) electrons. The quantitative estimate of drug-likeness (QED) is 0.0813. The maximum atomic E-state index is 12.6. The Labute approximate surface area is 288 Å². The standard InChI is InChI=1S/C34H30I2N4O5/c1-21-6-4-5-7-30(21)38-32(41)20-44-33-28(35)16-24(17-29(33)36)18-37-39-34(42)31-15-14-27(45-31)19-43-26-12-10-25(11-13-26)40-22(2)8-9-23(40)3/h4-18H,19-20H2,1-3H3,(H,38,41)(H,39,42)/b37-18+. The molecule has 0 unspecified atom stereocenters. The molecule has 5 aromatic rings. The molecule has 0 saturated heterocycles. The topological polar surface area (TPSA) is 107 Å². The molecule has 2 N–H and O–H groups in total. The number of carbonyl (C=O) groups excluding carboxylic acids is 2. The predicted molar refractivity (Wildman–Crippen MR) is 191 cm³/mol. The number of anilines is 1. The molecule has 0 spiro atoms. The van der Waals surface area contributed by atoms with Crippen molar-refractivity contribution in [1.29, 1.82) is 0 Å². The highest BCUT2D eigenvalue weighted by atomic mass is 127. The van der Waals surface area contributed by atoms with Crippen LogP contribution in [0, 0.1) is 27.9 Å². The second kappa shape index (κ2) is 14.8. The number of hydrogen-bond acceptors (Lipinski definition) is 6. The van der Waals surface area contributed by atoms with Gasteiger partial charge in [0.1, 0.15) is 23.9 Å². The van der Waals surface area contributed by atoms with Gasteiger partial charge < -0.3 is 23.8 Å². The molecule has 11 heteroatoms. The molecule has 2 aromatic heterocycles. The van der Waals surface area contributed by atoms with E-state index in [9.17, 15) is 9.59 Å². The van der Waals surface area contributed by atoms with Gasteiger partial charge in [0, 0.05) is 22.8 Å². The lowest BCUT2D eigenvalue weighted by Crippen LogP contribution is -2.21. The van der Waals surface area contributed by atoms with Gasteiger partial charge in [-0.1, -0.05) is 18.2 Å². The molecular formula is C34H30I2N4O5. The Kier molecular flexibility index (Phi) is 10.6. The van der Waals surface area contributed by atoms with Gasteiger partial charge in [0.25, 0.3) is 5.91 Å². The Hall–Kier alpha value is -4.11. The minimum absolute atomic E-state index is 0.122. The summed E-state index contributed by atoms with van der Waals surface area (Å²) in [6.07, 6.45) is 1.53. The number of aromatic nitrogens is 1. The van der Waals surface area contributed by atoms with E-state index in [4.69, 9.17) is 13.9 Å². The van der Waals surface area contributed by atoms with Crippen molar-refractivity contribution in [3.05, 3.63) is 126 Å². The number of halogens is 2. The summed E-state index contributed by atoms with van der Waals surface area (Å²) in [5, 5.41) is 6.94. The van der Waals surface area contributed by atoms with Crippen LogP contribution < -0.4 is 20.2 Å². The van der Waals surface area contributed by atoms with Crippen LogP contribution >= 0.6 is 45.2 Å². The van der Waals surface area contributed by atoms with Crippen molar-refractivity contribution in [3.8, 4) is 17.2 Å². The number of benzene rings is 3. The molecule has 0 aliphatic rings. The largest absolute Gasteiger partial charge is 0.486 e. The lowest BCUT2D eigenvalue weighted by atomic mass is 10.2. The van der Waals surface area contributed by atoms with E-state index in [0.29, 0.717) is 17.3 Å². The first kappa shape index (κ1) is 32.3. The Balaban J connectivity index is 1.10. The zero-order valence-corrected chi connectivity index (χ0v) is 29.1. The third kappa shape index (κ3) is 8.34. The zero-order chi connectivity index (χ0) is 31.9. The average molecular weight is 828 g/mol. The van der Waals surface area contributed by atoms with Crippen LogP contribution in [0.1, 0.15) is 38.8 Å². The van der Waals surface area contributed by atoms with Crippen molar-refractivity contribution in [2.45, 2.75) is 27.4 Å². The highest BCUT2D eigenvalue weighted by Gasteiger charge is 2.13. The first-order valence-electron chi connectivity index (χ1n) is 14.0. The van der Waals surface area contributed by atoms with Crippen molar-refractivity contribution in [1.82, 2.24) is 9.99 Å². The van der Waals surface area contributed by atoms with Gasteiger partial charge in [-0.05, 0) is 144 Å². The molecule has 45 heavy (non-hydrogen) atoms. The van der Waals surface area contributed by atoms with Crippen LogP contribution in [0.2, 0.25) is 0 Å². The molecule has 0 bridgehead atoms. The van der Waals surface area contributed by atoms with Gasteiger partial charge in [-0.2, -0.15) is 5.10 Å². The molecule has 3 aromatic carbocycles. The molecule has 2 amide bonds. The fourth-order valence-electron chi connectivity index (χ4n) is 4.55. The Bertz CT molecular complexity index is 1820. The number of carbonyl (C=O) groups is 2. The van der Waals surface area contributed by atoms with Crippen LogP contribution in [0.25, 0.3) is 5.69 Å². The number of furan rings is 1. The van der Waals surface area contributed by atoms with Gasteiger partial charge in [-0.15, -0.1) is 0 Å². The number of hydrazone groups is 1. The first-order chi connectivity index (χ1) is 21.7. The number of nitrogens with one attached hydrogen (secondary N) is 2. The number of ether oxygens (including phenoxy) is 2. The summed E-state index contributed by atoms with van der Waals surface area (Å²) in [6, 6.07) is 26.5. The number of rotatable bonds is 11. The summed E-state index contributed by atoms with van der Waals surface area (Å²) in [6.45, 7) is 6.12. The molecule has 0 aliphatic heterocycles. The van der Waals surface area contributed by atoms with Gasteiger partial charge in [-0.3, -0.25) is 9.59 Å². The van der Waals surface area contributed by atoms with Gasteiger partial charge in [0.05, 0.1) is 13.4 Å². The van der Waals surface area contributed by atoms with Gasteiger partial charge in [0.15, 0.2) is 12.4 Å². The third-order valence-electron chi connectivity index (χ3n) is 6.80. The average Bonchev–Trinajstić information content (AvgIpc) is 3.63. The fourth-order valence-corrected chi connectivity index (χ4v) is 6.68. The van der Waals surface area contributed by atoms with Crippen LogP contribution in [0.4, 0.5) is 5.69 Å². The predicted octanol–water partition coefficient (Wildman–Crippen LogP) is 7.57. The molecule has 0 atom stereocenters. The maximum Gasteiger partial charge on any atom is 0.307 e. The van der Waals surface area contributed by atoms with Crippen molar-refractivity contribution in [2.75, 3.05) is 11.9 Å². The molecular weight excluding hydrogens is 798 g/mol. The SMILES string of the molecule is Cc1ccccc1NC(=O)COc1c(I)cc(/C=N/NC(=O)c2ccc(COc3ccc(-n4c(C)ccc4C)cc3)o2)cc1I. The van der Waals surface area contributed by atoms with Crippen molar-refractivity contribution in [3.63, 3.8) is 0 Å². The second-order valence-electron chi connectivity index (χ2n) is 10.2.